The standard InChI is InChI=1S/C18H14N2O5/c1-11-12(7-5-9-15(11)20(23)24)17(21)19-10-14(18(22)25-2)13-6-3-4-8-16(13)19/h3-10H,1-2H3. The number of nitro benzene ring substituents is 1. The molecule has 0 spiro atoms. The van der Waals surface area contributed by atoms with E-state index in [1.54, 1.807) is 24.3 Å². The minimum Gasteiger partial charge on any atom is -0.465 e. The van der Waals surface area contributed by atoms with Crippen LogP contribution in [0.15, 0.2) is 48.7 Å². The lowest BCUT2D eigenvalue weighted by Crippen LogP contribution is -2.13. The molecule has 25 heavy (non-hydrogen) atoms. The van der Waals surface area contributed by atoms with Crippen LogP contribution in [0.25, 0.3) is 10.9 Å². The number of ether oxygens (including phenoxy) is 1. The average Bonchev–Trinajstić information content (AvgIpc) is 3.00. The van der Waals surface area contributed by atoms with E-state index >= 15 is 0 Å². The number of fused-ring (bicyclic) bond motifs is 1. The maximum absolute atomic E-state index is 13.0. The highest BCUT2D eigenvalue weighted by Crippen LogP contribution is 2.26. The summed E-state index contributed by atoms with van der Waals surface area (Å²) in [6, 6.07) is 11.2. The van der Waals surface area contributed by atoms with Gasteiger partial charge in [0.2, 0.25) is 0 Å². The Morgan fingerprint density at radius 1 is 1.08 bits per heavy atom. The third-order valence-corrected chi connectivity index (χ3v) is 4.07. The summed E-state index contributed by atoms with van der Waals surface area (Å²) in [5.41, 5.74) is 1.13. The maximum atomic E-state index is 13.0. The van der Waals surface area contributed by atoms with Crippen molar-refractivity contribution in [1.82, 2.24) is 4.57 Å². The molecule has 0 fully saturated rings. The number of methoxy groups -OCH3 is 1. The second kappa shape index (κ2) is 6.20. The van der Waals surface area contributed by atoms with Crippen molar-refractivity contribution < 1.29 is 19.2 Å². The highest BCUT2D eigenvalue weighted by Gasteiger charge is 2.23. The minimum absolute atomic E-state index is 0.129. The third kappa shape index (κ3) is 2.65. The van der Waals surface area contributed by atoms with Gasteiger partial charge in [0.05, 0.1) is 28.7 Å². The summed E-state index contributed by atoms with van der Waals surface area (Å²) in [6.45, 7) is 1.53. The van der Waals surface area contributed by atoms with Gasteiger partial charge in [-0.15, -0.1) is 0 Å². The summed E-state index contributed by atoms with van der Waals surface area (Å²) in [7, 11) is 1.26. The molecule has 0 aliphatic rings. The Morgan fingerprint density at radius 2 is 1.80 bits per heavy atom. The SMILES string of the molecule is COC(=O)c1cn(C(=O)c2cccc([N+](=O)[O-])c2C)c2ccccc12. The van der Waals surface area contributed by atoms with E-state index in [0.29, 0.717) is 10.9 Å². The zero-order valence-corrected chi connectivity index (χ0v) is 13.6. The van der Waals surface area contributed by atoms with E-state index in [2.05, 4.69) is 0 Å². The fourth-order valence-corrected chi connectivity index (χ4v) is 2.80. The zero-order chi connectivity index (χ0) is 18.1. The molecule has 7 nitrogen and oxygen atoms in total. The number of aromatic nitrogens is 1. The van der Waals surface area contributed by atoms with Gasteiger partial charge in [0, 0.05) is 23.2 Å². The molecule has 0 atom stereocenters. The van der Waals surface area contributed by atoms with Crippen molar-refractivity contribution in [2.45, 2.75) is 6.92 Å². The molecule has 3 aromatic rings. The van der Waals surface area contributed by atoms with Gasteiger partial charge in [-0.05, 0) is 19.1 Å². The van der Waals surface area contributed by atoms with Crippen LogP contribution in [0.3, 0.4) is 0 Å². The molecular formula is C18H14N2O5. The van der Waals surface area contributed by atoms with Crippen LogP contribution >= 0.6 is 0 Å². The van der Waals surface area contributed by atoms with Gasteiger partial charge in [-0.25, -0.2) is 4.79 Å². The Hall–Kier alpha value is -3.48. The predicted octanol–water partition coefficient (Wildman–Crippen LogP) is 3.33. The molecule has 2 aromatic carbocycles. The lowest BCUT2D eigenvalue weighted by molar-refractivity contribution is -0.385. The summed E-state index contributed by atoms with van der Waals surface area (Å²) < 4.78 is 6.08. The van der Waals surface area contributed by atoms with Crippen molar-refractivity contribution in [3.63, 3.8) is 0 Å². The molecule has 0 aliphatic carbocycles. The molecule has 0 unspecified atom stereocenters. The van der Waals surface area contributed by atoms with Crippen LogP contribution in [0.2, 0.25) is 0 Å². The molecule has 0 bridgehead atoms. The van der Waals surface area contributed by atoms with E-state index in [4.69, 9.17) is 4.74 Å². The van der Waals surface area contributed by atoms with Crippen molar-refractivity contribution in [3.8, 4) is 0 Å². The number of hydrogen-bond donors (Lipinski definition) is 0. The Labute approximate surface area is 142 Å². The summed E-state index contributed by atoms with van der Waals surface area (Å²) >= 11 is 0. The van der Waals surface area contributed by atoms with E-state index in [1.165, 1.54) is 43.0 Å². The van der Waals surface area contributed by atoms with Crippen LogP contribution in [0.1, 0.15) is 26.3 Å². The van der Waals surface area contributed by atoms with Crippen molar-refractivity contribution in [2.75, 3.05) is 7.11 Å². The number of rotatable bonds is 3. The molecule has 1 aromatic heterocycles. The Morgan fingerprint density at radius 3 is 2.48 bits per heavy atom. The van der Waals surface area contributed by atoms with Crippen LogP contribution in [-0.4, -0.2) is 28.5 Å². The first kappa shape index (κ1) is 16.4. The number of carbonyl (C=O) groups excluding carboxylic acids is 2. The zero-order valence-electron chi connectivity index (χ0n) is 13.6. The number of benzene rings is 2. The van der Waals surface area contributed by atoms with Gasteiger partial charge in [0.15, 0.2) is 0 Å². The van der Waals surface area contributed by atoms with Gasteiger partial charge in [-0.3, -0.25) is 19.5 Å². The van der Waals surface area contributed by atoms with E-state index in [-0.39, 0.29) is 22.4 Å². The summed E-state index contributed by atoms with van der Waals surface area (Å²) in [6.07, 6.45) is 1.40. The molecule has 0 N–H and O–H groups in total. The predicted molar refractivity (Wildman–Crippen MR) is 90.8 cm³/mol. The number of nitro groups is 1. The first-order valence-electron chi connectivity index (χ1n) is 7.42. The van der Waals surface area contributed by atoms with E-state index in [9.17, 15) is 19.7 Å². The smallest absolute Gasteiger partial charge is 0.340 e. The van der Waals surface area contributed by atoms with Crippen LogP contribution in [0.5, 0.6) is 0 Å². The van der Waals surface area contributed by atoms with Gasteiger partial charge >= 0.3 is 5.97 Å². The normalized spacial score (nSPS) is 10.6. The minimum atomic E-state index is -0.557. The van der Waals surface area contributed by atoms with Gasteiger partial charge < -0.3 is 4.74 Å². The first-order valence-corrected chi connectivity index (χ1v) is 7.42. The van der Waals surface area contributed by atoms with E-state index < -0.39 is 16.8 Å². The number of esters is 1. The van der Waals surface area contributed by atoms with E-state index in [1.807, 2.05) is 0 Å². The van der Waals surface area contributed by atoms with Gasteiger partial charge in [-0.2, -0.15) is 0 Å². The first-order chi connectivity index (χ1) is 12.0. The number of hydrogen-bond acceptors (Lipinski definition) is 5. The van der Waals surface area contributed by atoms with E-state index in [0.717, 1.165) is 0 Å². The monoisotopic (exact) mass is 338 g/mol. The number of para-hydroxylation sites is 1. The molecular weight excluding hydrogens is 324 g/mol. The second-order valence-electron chi connectivity index (χ2n) is 5.43. The number of nitrogens with zero attached hydrogens (tertiary/aromatic N) is 2. The molecule has 0 saturated carbocycles. The van der Waals surface area contributed by atoms with Crippen LogP contribution in [0, 0.1) is 17.0 Å². The van der Waals surface area contributed by atoms with Gasteiger partial charge in [0.25, 0.3) is 11.6 Å². The Bertz CT molecular complexity index is 1020. The topological polar surface area (TPSA) is 91.4 Å². The molecule has 0 radical (unpaired) electrons. The highest BCUT2D eigenvalue weighted by molar-refractivity contribution is 6.10. The van der Waals surface area contributed by atoms with Crippen LogP contribution in [0.4, 0.5) is 5.69 Å². The lowest BCUT2D eigenvalue weighted by Gasteiger charge is -2.07. The second-order valence-corrected chi connectivity index (χ2v) is 5.43. The Balaban J connectivity index is 2.21. The summed E-state index contributed by atoms with van der Waals surface area (Å²) in [4.78, 5) is 35.5. The third-order valence-electron chi connectivity index (χ3n) is 4.07. The van der Waals surface area contributed by atoms with Crippen LogP contribution in [-0.2, 0) is 4.74 Å². The van der Waals surface area contributed by atoms with Crippen LogP contribution < -0.4 is 0 Å². The molecule has 0 amide bonds. The number of carbonyl (C=O) groups is 2. The maximum Gasteiger partial charge on any atom is 0.340 e. The van der Waals surface area contributed by atoms with Crippen molar-refractivity contribution in [2.24, 2.45) is 0 Å². The quantitative estimate of drug-likeness (QED) is 0.415. The van der Waals surface area contributed by atoms with Gasteiger partial charge in [0.1, 0.15) is 0 Å². The van der Waals surface area contributed by atoms with Gasteiger partial charge in [-0.1, -0.05) is 24.3 Å². The molecule has 0 saturated heterocycles. The van der Waals surface area contributed by atoms with Crippen molar-refractivity contribution in [1.29, 1.82) is 0 Å². The Kier molecular flexibility index (Phi) is 4.06. The molecule has 3 rings (SSSR count). The highest BCUT2D eigenvalue weighted by atomic mass is 16.6. The molecule has 0 aliphatic heterocycles. The summed E-state index contributed by atoms with van der Waals surface area (Å²) in [5.74, 6) is -1.01. The van der Waals surface area contributed by atoms with Crippen molar-refractivity contribution >= 4 is 28.5 Å². The molecule has 1 heterocycles. The fourth-order valence-electron chi connectivity index (χ4n) is 2.80. The fraction of sp³-hybridized carbons (Fsp3) is 0.111. The van der Waals surface area contributed by atoms with Crippen molar-refractivity contribution in [3.05, 3.63) is 75.5 Å². The molecule has 7 heteroatoms. The lowest BCUT2D eigenvalue weighted by atomic mass is 10.1. The average molecular weight is 338 g/mol. The summed E-state index contributed by atoms with van der Waals surface area (Å²) in [5, 5.41) is 11.7. The molecule has 126 valence electrons. The largest absolute Gasteiger partial charge is 0.465 e.